The van der Waals surface area contributed by atoms with Gasteiger partial charge >= 0.3 is 11.7 Å². The number of esters is 1. The number of amides is 1. The maximum atomic E-state index is 12.0. The van der Waals surface area contributed by atoms with Gasteiger partial charge in [-0.1, -0.05) is 23.7 Å². The van der Waals surface area contributed by atoms with Gasteiger partial charge in [-0.05, 0) is 24.3 Å². The van der Waals surface area contributed by atoms with Crippen molar-refractivity contribution in [3.05, 3.63) is 63.2 Å². The lowest BCUT2D eigenvalue weighted by molar-refractivity contribution is -0.385. The normalized spacial score (nSPS) is 10.0. The van der Waals surface area contributed by atoms with Crippen LogP contribution in [0, 0.1) is 10.1 Å². The fraction of sp³-hybridized carbons (Fsp3) is 0.125. The molecule has 8 nitrogen and oxygen atoms in total. The Kier molecular flexibility index (Phi) is 5.91. The van der Waals surface area contributed by atoms with Crippen molar-refractivity contribution in [3.8, 4) is 5.75 Å². The zero-order valence-corrected chi connectivity index (χ0v) is 13.8. The van der Waals surface area contributed by atoms with Gasteiger partial charge in [0.15, 0.2) is 12.4 Å². The van der Waals surface area contributed by atoms with E-state index in [1.807, 2.05) is 0 Å². The first kappa shape index (κ1) is 18.2. The van der Waals surface area contributed by atoms with E-state index in [0.717, 1.165) is 0 Å². The number of rotatable bonds is 6. The van der Waals surface area contributed by atoms with Crippen LogP contribution in [0.25, 0.3) is 0 Å². The van der Waals surface area contributed by atoms with Crippen molar-refractivity contribution in [2.24, 2.45) is 0 Å². The number of nitro benzene ring substituents is 1. The third-order valence-corrected chi connectivity index (χ3v) is 3.32. The topological polar surface area (TPSA) is 108 Å². The number of methoxy groups -OCH3 is 1. The third kappa shape index (κ3) is 4.67. The Labute approximate surface area is 147 Å². The Balaban J connectivity index is 2.10. The first-order valence-corrected chi connectivity index (χ1v) is 7.34. The lowest BCUT2D eigenvalue weighted by atomic mass is 10.2. The Morgan fingerprint density at radius 1 is 1.24 bits per heavy atom. The molecule has 130 valence electrons. The molecule has 0 saturated heterocycles. The van der Waals surface area contributed by atoms with Crippen LogP contribution in [-0.4, -0.2) is 30.5 Å². The molecule has 0 radical (unpaired) electrons. The highest BCUT2D eigenvalue weighted by Crippen LogP contribution is 2.26. The molecule has 0 heterocycles. The number of benzene rings is 2. The van der Waals surface area contributed by atoms with E-state index in [2.05, 4.69) is 10.1 Å². The van der Waals surface area contributed by atoms with Crippen molar-refractivity contribution in [2.75, 3.05) is 19.0 Å². The number of nitrogens with one attached hydrogen (secondary N) is 1. The van der Waals surface area contributed by atoms with Gasteiger partial charge in [-0.25, -0.2) is 4.79 Å². The van der Waals surface area contributed by atoms with Crippen LogP contribution in [0.4, 0.5) is 11.4 Å². The summed E-state index contributed by atoms with van der Waals surface area (Å²) >= 11 is 5.87. The molecule has 2 rings (SSSR count). The highest BCUT2D eigenvalue weighted by molar-refractivity contribution is 6.31. The standard InChI is InChI=1S/C16H13ClN2O6/c1-24-16(21)11-7-6-10(17)8-12(11)18-15(20)9-25-14-5-3-2-4-13(14)19(22)23/h2-8H,9H2,1H3,(H,18,20). The van der Waals surface area contributed by atoms with Crippen LogP contribution in [-0.2, 0) is 9.53 Å². The molecule has 0 aromatic heterocycles. The van der Waals surface area contributed by atoms with Crippen LogP contribution in [0.2, 0.25) is 5.02 Å². The smallest absolute Gasteiger partial charge is 0.339 e. The van der Waals surface area contributed by atoms with Gasteiger partial charge in [0.2, 0.25) is 0 Å². The van der Waals surface area contributed by atoms with Gasteiger partial charge in [0, 0.05) is 11.1 Å². The summed E-state index contributed by atoms with van der Waals surface area (Å²) in [4.78, 5) is 34.0. The van der Waals surface area contributed by atoms with Crippen LogP contribution in [0.3, 0.4) is 0 Å². The Hall–Kier alpha value is -3.13. The number of hydrogen-bond acceptors (Lipinski definition) is 6. The number of carbonyl (C=O) groups excluding carboxylic acids is 2. The zero-order chi connectivity index (χ0) is 18.4. The molecule has 0 saturated carbocycles. The van der Waals surface area contributed by atoms with Gasteiger partial charge in [0.25, 0.3) is 5.91 Å². The van der Waals surface area contributed by atoms with Crippen molar-refractivity contribution >= 4 is 34.9 Å². The minimum absolute atomic E-state index is 0.0399. The van der Waals surface area contributed by atoms with Crippen LogP contribution in [0.5, 0.6) is 5.75 Å². The Bertz CT molecular complexity index is 824. The summed E-state index contributed by atoms with van der Waals surface area (Å²) in [6, 6.07) is 9.95. The van der Waals surface area contributed by atoms with Crippen LogP contribution in [0.1, 0.15) is 10.4 Å². The van der Waals surface area contributed by atoms with E-state index in [4.69, 9.17) is 16.3 Å². The monoisotopic (exact) mass is 364 g/mol. The molecular weight excluding hydrogens is 352 g/mol. The maximum Gasteiger partial charge on any atom is 0.339 e. The highest BCUT2D eigenvalue weighted by Gasteiger charge is 2.17. The van der Waals surface area contributed by atoms with Crippen LogP contribution < -0.4 is 10.1 Å². The van der Waals surface area contributed by atoms with Crippen LogP contribution >= 0.6 is 11.6 Å². The molecule has 0 bridgehead atoms. The molecule has 1 amide bonds. The van der Waals surface area contributed by atoms with E-state index in [1.54, 1.807) is 6.07 Å². The second-order valence-corrected chi connectivity index (χ2v) is 5.18. The molecule has 0 aliphatic rings. The lowest BCUT2D eigenvalue weighted by Crippen LogP contribution is -2.22. The molecule has 2 aromatic carbocycles. The molecule has 0 fully saturated rings. The second kappa shape index (κ2) is 8.11. The molecule has 9 heteroatoms. The summed E-state index contributed by atoms with van der Waals surface area (Å²) in [7, 11) is 1.21. The minimum Gasteiger partial charge on any atom is -0.477 e. The van der Waals surface area contributed by atoms with E-state index in [0.29, 0.717) is 5.02 Å². The van der Waals surface area contributed by atoms with Crippen molar-refractivity contribution in [1.82, 2.24) is 0 Å². The molecule has 0 aliphatic heterocycles. The van der Waals surface area contributed by atoms with Gasteiger partial charge < -0.3 is 14.8 Å². The summed E-state index contributed by atoms with van der Waals surface area (Å²) in [5, 5.41) is 13.7. The lowest BCUT2D eigenvalue weighted by Gasteiger charge is -2.11. The van der Waals surface area contributed by atoms with E-state index in [-0.39, 0.29) is 22.7 Å². The second-order valence-electron chi connectivity index (χ2n) is 4.74. The number of nitro groups is 1. The fourth-order valence-corrected chi connectivity index (χ4v) is 2.14. The number of hydrogen-bond donors (Lipinski definition) is 1. The van der Waals surface area contributed by atoms with E-state index in [9.17, 15) is 19.7 Å². The maximum absolute atomic E-state index is 12.0. The molecule has 2 aromatic rings. The summed E-state index contributed by atoms with van der Waals surface area (Å²) in [6.07, 6.45) is 0. The van der Waals surface area contributed by atoms with Gasteiger partial charge in [0.05, 0.1) is 23.3 Å². The predicted octanol–water partition coefficient (Wildman–Crippen LogP) is 3.05. The average molecular weight is 365 g/mol. The number of halogens is 1. The Morgan fingerprint density at radius 3 is 2.64 bits per heavy atom. The predicted molar refractivity (Wildman–Crippen MR) is 90.0 cm³/mol. The molecule has 1 N–H and O–H groups in total. The summed E-state index contributed by atoms with van der Waals surface area (Å²) < 4.78 is 9.82. The van der Waals surface area contributed by atoms with Crippen molar-refractivity contribution in [1.29, 1.82) is 0 Å². The fourth-order valence-electron chi connectivity index (χ4n) is 1.97. The Morgan fingerprint density at radius 2 is 1.96 bits per heavy atom. The SMILES string of the molecule is COC(=O)c1ccc(Cl)cc1NC(=O)COc1ccccc1[N+](=O)[O-]. The molecule has 25 heavy (non-hydrogen) atoms. The van der Waals surface area contributed by atoms with Crippen molar-refractivity contribution in [2.45, 2.75) is 0 Å². The summed E-state index contributed by atoms with van der Waals surface area (Å²) in [6.45, 7) is -0.488. The number of nitrogens with zero attached hydrogens (tertiary/aromatic N) is 1. The van der Waals surface area contributed by atoms with Gasteiger partial charge in [-0.2, -0.15) is 0 Å². The molecule has 0 unspecified atom stereocenters. The minimum atomic E-state index is -0.647. The summed E-state index contributed by atoms with van der Waals surface area (Å²) in [5.74, 6) is -1.31. The average Bonchev–Trinajstić information content (AvgIpc) is 2.59. The number of para-hydroxylation sites is 2. The van der Waals surface area contributed by atoms with Crippen LogP contribution in [0.15, 0.2) is 42.5 Å². The first-order valence-electron chi connectivity index (χ1n) is 6.96. The molecule has 0 spiro atoms. The van der Waals surface area contributed by atoms with Gasteiger partial charge in [0.1, 0.15) is 0 Å². The van der Waals surface area contributed by atoms with E-state index in [1.165, 1.54) is 43.5 Å². The van der Waals surface area contributed by atoms with E-state index < -0.39 is 23.4 Å². The summed E-state index contributed by atoms with van der Waals surface area (Å²) in [5.41, 5.74) is 0.00904. The number of anilines is 1. The first-order chi connectivity index (χ1) is 11.9. The van der Waals surface area contributed by atoms with Crippen molar-refractivity contribution < 1.29 is 24.0 Å². The molecule has 0 aliphatic carbocycles. The number of carbonyl (C=O) groups is 2. The van der Waals surface area contributed by atoms with Gasteiger partial charge in [-0.15, -0.1) is 0 Å². The quantitative estimate of drug-likeness (QED) is 0.479. The largest absolute Gasteiger partial charge is 0.477 e. The van der Waals surface area contributed by atoms with Gasteiger partial charge in [-0.3, -0.25) is 14.9 Å². The molecule has 0 atom stereocenters. The zero-order valence-electron chi connectivity index (χ0n) is 13.0. The third-order valence-electron chi connectivity index (χ3n) is 3.08. The molecular formula is C16H13ClN2O6. The van der Waals surface area contributed by atoms with E-state index >= 15 is 0 Å². The number of ether oxygens (including phenoxy) is 2. The van der Waals surface area contributed by atoms with Crippen molar-refractivity contribution in [3.63, 3.8) is 0 Å². The highest BCUT2D eigenvalue weighted by atomic mass is 35.5.